The Morgan fingerprint density at radius 2 is 0.413 bits per heavy atom. The largest absolute Gasteiger partial charge is 0.309 e. The minimum Gasteiger partial charge on any atom is -0.309 e. The lowest BCUT2D eigenvalue weighted by Gasteiger charge is -2.17. The first-order valence-electron chi connectivity index (χ1n) is 43.7. The van der Waals surface area contributed by atoms with E-state index in [1.54, 1.807) is 0 Å². The average Bonchev–Trinajstić information content (AvgIpc) is 1.48. The first-order chi connectivity index (χ1) is 62.5. The highest BCUT2D eigenvalue weighted by atomic mass is 15.0. The average molecular weight is 1590 g/mol. The van der Waals surface area contributed by atoms with E-state index in [1.165, 1.54) is 246 Å². The van der Waals surface area contributed by atoms with Gasteiger partial charge in [-0.15, -0.1) is 0 Å². The van der Waals surface area contributed by atoms with Crippen LogP contribution in [0.3, 0.4) is 0 Å². The van der Waals surface area contributed by atoms with Gasteiger partial charge in [-0.25, -0.2) is 0 Å². The summed E-state index contributed by atoms with van der Waals surface area (Å²) in [7, 11) is 0. The van der Waals surface area contributed by atoms with Crippen LogP contribution >= 0.6 is 0 Å². The van der Waals surface area contributed by atoms with Crippen LogP contribution in [0.4, 0.5) is 0 Å². The molecule has 24 aromatic carbocycles. The molecular weight excluding hydrogens is 1520 g/mol. The fourth-order valence-corrected chi connectivity index (χ4v) is 21.3. The Morgan fingerprint density at radius 3 is 0.944 bits per heavy atom. The van der Waals surface area contributed by atoms with Gasteiger partial charge in [-0.05, 0) is 305 Å². The zero-order chi connectivity index (χ0) is 82.6. The zero-order valence-corrected chi connectivity index (χ0v) is 68.8. The maximum Gasteiger partial charge on any atom is 0.0619 e. The van der Waals surface area contributed by atoms with Gasteiger partial charge in [-0.3, -0.25) is 0 Å². The molecule has 0 spiro atoms. The minimum absolute atomic E-state index is 1.11. The Balaban J connectivity index is 0.518. The highest BCUT2D eigenvalue weighted by molar-refractivity contribution is 6.30. The van der Waals surface area contributed by atoms with E-state index < -0.39 is 0 Å². The monoisotopic (exact) mass is 1590 g/mol. The fraction of sp³-hybridized carbons (Fsp3) is 0. The zero-order valence-electron chi connectivity index (χ0n) is 68.8. The molecule has 0 saturated carbocycles. The predicted molar refractivity (Wildman–Crippen MR) is 539 cm³/mol. The van der Waals surface area contributed by atoms with Crippen LogP contribution in [0.5, 0.6) is 0 Å². The van der Waals surface area contributed by atoms with E-state index in [0.717, 1.165) is 16.9 Å². The summed E-state index contributed by atoms with van der Waals surface area (Å²) >= 11 is 0. The van der Waals surface area contributed by atoms with E-state index in [-0.39, 0.29) is 0 Å². The number of rotatable bonds is 11. The third kappa shape index (κ3) is 11.4. The molecule has 26 aromatic rings. The van der Waals surface area contributed by atoms with Crippen molar-refractivity contribution in [3.05, 3.63) is 461 Å². The highest BCUT2D eigenvalue weighted by Crippen LogP contribution is 2.49. The predicted octanol–water partition coefficient (Wildman–Crippen LogP) is 34.4. The quantitative estimate of drug-likeness (QED) is 0.114. The second-order valence-electron chi connectivity index (χ2n) is 34.0. The molecule has 2 heteroatoms. The Labute approximate surface area is 727 Å². The first kappa shape index (κ1) is 71.2. The van der Waals surface area contributed by atoms with Crippen molar-refractivity contribution in [1.29, 1.82) is 0 Å². The molecule has 0 aliphatic heterocycles. The third-order valence-corrected chi connectivity index (χ3v) is 27.2. The maximum absolute atomic E-state index is 2.51. The van der Waals surface area contributed by atoms with Crippen LogP contribution in [0, 0.1) is 0 Å². The molecule has 2 nitrogen and oxygen atoms in total. The maximum atomic E-state index is 2.51. The molecule has 0 N–H and O–H groups in total. The van der Waals surface area contributed by atoms with Gasteiger partial charge in [-0.2, -0.15) is 0 Å². The van der Waals surface area contributed by atoms with Gasteiger partial charge < -0.3 is 9.13 Å². The van der Waals surface area contributed by atoms with Gasteiger partial charge in [0.05, 0.1) is 22.1 Å². The highest BCUT2D eigenvalue weighted by Gasteiger charge is 2.24. The van der Waals surface area contributed by atoms with Gasteiger partial charge in [0, 0.05) is 38.5 Å². The molecule has 0 saturated heterocycles. The molecule has 582 valence electrons. The summed E-state index contributed by atoms with van der Waals surface area (Å²) in [6.45, 7) is 0. The van der Waals surface area contributed by atoms with Crippen molar-refractivity contribution in [3.8, 4) is 112 Å². The van der Waals surface area contributed by atoms with E-state index in [1.807, 2.05) is 0 Å². The summed E-state index contributed by atoms with van der Waals surface area (Å²) in [5.74, 6) is 0. The Morgan fingerprint density at radius 1 is 0.111 bits per heavy atom. The fourth-order valence-electron chi connectivity index (χ4n) is 21.3. The van der Waals surface area contributed by atoms with Crippen molar-refractivity contribution in [1.82, 2.24) is 9.13 Å². The van der Waals surface area contributed by atoms with Crippen molar-refractivity contribution in [2.45, 2.75) is 0 Å². The van der Waals surface area contributed by atoms with Crippen molar-refractivity contribution in [2.75, 3.05) is 0 Å². The van der Waals surface area contributed by atoms with Crippen molar-refractivity contribution < 1.29 is 0 Å². The minimum atomic E-state index is 1.11. The molecule has 0 fully saturated rings. The number of para-hydroxylation sites is 4. The smallest absolute Gasteiger partial charge is 0.0619 e. The summed E-state index contributed by atoms with van der Waals surface area (Å²) in [6, 6.07) is 173. The van der Waals surface area contributed by atoms with Crippen LogP contribution in [-0.4, -0.2) is 9.13 Å². The standard InChI is InChI=1S/C124H76N2/c1-3-24-79(25-4-1)114-76-90(68-91-67-83(52-59-95(91)114)86-55-61-105-99-36-10-9-34-97(99)98-35-11-12-37-100(98)116(105)72-86)81-27-21-26-80(66-81)77-48-50-78(51-49-77)84-53-60-106-109-64-57-89(75-119(109)104-41-16-15-40-103(104)115(106)70-84)94-32-7-8-33-96(94)112-44-23-45-113-110-42-17-20-47-122(110)126(124(112)113)93-31-22-28-82(69-93)85-54-62-107-108-63-56-87(73-118(108)102-39-14-13-38-101(102)117(107)71-85)88-58-65-123-120(74-88)111-43-18-19-46-121(111)125(123)92-29-5-2-6-30-92/h1-76H. The molecule has 0 atom stereocenters. The summed E-state index contributed by atoms with van der Waals surface area (Å²) in [4.78, 5) is 0. The number of benzene rings is 24. The number of nitrogens with zero attached hydrogens (tertiary/aromatic N) is 2. The molecule has 0 bridgehead atoms. The van der Waals surface area contributed by atoms with Crippen LogP contribution in [0.1, 0.15) is 0 Å². The summed E-state index contributed by atoms with van der Waals surface area (Å²) in [5.41, 5.74) is 28.4. The topological polar surface area (TPSA) is 9.86 Å². The summed E-state index contributed by atoms with van der Waals surface area (Å²) < 4.78 is 4.90. The number of hydrogen-bond acceptors (Lipinski definition) is 0. The lowest BCUT2D eigenvalue weighted by molar-refractivity contribution is 1.18. The van der Waals surface area contributed by atoms with E-state index in [9.17, 15) is 0 Å². The lowest BCUT2D eigenvalue weighted by Crippen LogP contribution is -1.97. The van der Waals surface area contributed by atoms with Crippen LogP contribution in [-0.2, 0) is 0 Å². The van der Waals surface area contributed by atoms with E-state index in [2.05, 4.69) is 470 Å². The Bertz CT molecular complexity index is 9000. The van der Waals surface area contributed by atoms with Gasteiger partial charge in [-0.1, -0.05) is 358 Å². The third-order valence-electron chi connectivity index (χ3n) is 27.2. The van der Waals surface area contributed by atoms with Gasteiger partial charge in [0.15, 0.2) is 0 Å². The summed E-state index contributed by atoms with van der Waals surface area (Å²) in [5, 5.41) is 30.0. The SMILES string of the molecule is c1ccc(-c2cc(-c3cccc(-c4ccc(-c5ccc6c7ccc(-c8ccccc8-c8cccc9c%10ccccc%10n(-c%10cccc(-c%11ccc%12c%13ccc(-c%14ccc%15c(c%14)c%14ccccc%14n%15-c%14ccccc%14)cc%13c%13ccccc%13c%12c%11)c%10)c89)cc7c7ccccc7c6c5)cc4)c3)cc3cc(-c4ccc5c6ccccc6c6ccccc6c5c4)ccc23)cc1. The molecule has 0 radical (unpaired) electrons. The summed E-state index contributed by atoms with van der Waals surface area (Å²) in [6.07, 6.45) is 0. The number of aromatic nitrogens is 2. The van der Waals surface area contributed by atoms with Crippen LogP contribution in [0.15, 0.2) is 461 Å². The Hall–Kier alpha value is -16.5. The number of fused-ring (bicyclic) bond motifs is 25. The van der Waals surface area contributed by atoms with E-state index in [4.69, 9.17) is 0 Å². The normalized spacial score (nSPS) is 12.0. The second-order valence-corrected chi connectivity index (χ2v) is 34.0. The molecule has 2 aromatic heterocycles. The molecule has 26 rings (SSSR count). The molecule has 0 aliphatic rings. The molecule has 2 heterocycles. The van der Waals surface area contributed by atoms with Gasteiger partial charge >= 0.3 is 0 Å². The molecule has 0 amide bonds. The van der Waals surface area contributed by atoms with Crippen LogP contribution in [0.25, 0.3) is 263 Å². The lowest BCUT2D eigenvalue weighted by atomic mass is 9.88. The first-order valence-corrected chi connectivity index (χ1v) is 43.7. The van der Waals surface area contributed by atoms with Crippen molar-refractivity contribution in [3.63, 3.8) is 0 Å². The van der Waals surface area contributed by atoms with Crippen molar-refractivity contribution >= 4 is 151 Å². The Kier molecular flexibility index (Phi) is 16.1. The van der Waals surface area contributed by atoms with Gasteiger partial charge in [0.1, 0.15) is 0 Å². The van der Waals surface area contributed by atoms with E-state index >= 15 is 0 Å². The molecule has 0 aliphatic carbocycles. The van der Waals surface area contributed by atoms with E-state index in [0.29, 0.717) is 0 Å². The van der Waals surface area contributed by atoms with Gasteiger partial charge in [0.2, 0.25) is 0 Å². The van der Waals surface area contributed by atoms with Gasteiger partial charge in [0.25, 0.3) is 0 Å². The molecular formula is C124H76N2. The van der Waals surface area contributed by atoms with Crippen LogP contribution < -0.4 is 0 Å². The number of hydrogen-bond donors (Lipinski definition) is 0. The molecule has 126 heavy (non-hydrogen) atoms. The molecule has 0 unspecified atom stereocenters. The second kappa shape index (κ2) is 28.6. The van der Waals surface area contributed by atoms with Crippen molar-refractivity contribution in [2.24, 2.45) is 0 Å². The van der Waals surface area contributed by atoms with Crippen LogP contribution in [0.2, 0.25) is 0 Å².